The molecule has 0 aliphatic carbocycles. The van der Waals surface area contributed by atoms with Gasteiger partial charge in [-0.15, -0.1) is 0 Å². The van der Waals surface area contributed by atoms with Gasteiger partial charge in [-0.2, -0.15) is 0 Å². The molecule has 0 atom stereocenters. The molecular formula is C16H16N3O+. The summed E-state index contributed by atoms with van der Waals surface area (Å²) in [7, 11) is 0. The van der Waals surface area contributed by atoms with Gasteiger partial charge in [0.15, 0.2) is 5.78 Å². The molecule has 4 nitrogen and oxygen atoms in total. The number of nitrogens with two attached hydrogens (primary N) is 1. The number of fused-ring (bicyclic) bond motifs is 1. The molecule has 3 N–H and O–H groups in total. The highest BCUT2D eigenvalue weighted by atomic mass is 16.1. The van der Waals surface area contributed by atoms with E-state index in [1.54, 1.807) is 0 Å². The molecule has 3 rings (SSSR count). The molecule has 100 valence electrons. The van der Waals surface area contributed by atoms with Crippen molar-refractivity contribution in [3.63, 3.8) is 0 Å². The number of carbonyl (C=O) groups excluding carboxylic acids is 1. The molecule has 0 aliphatic rings. The second-order valence-corrected chi connectivity index (χ2v) is 4.86. The fraction of sp³-hybridized carbons (Fsp3) is 0.125. The quantitative estimate of drug-likeness (QED) is 0.564. The van der Waals surface area contributed by atoms with Crippen LogP contribution in [0.2, 0.25) is 0 Å². The van der Waals surface area contributed by atoms with E-state index in [1.807, 2.05) is 60.0 Å². The lowest BCUT2D eigenvalue weighted by molar-refractivity contribution is -0.642. The van der Waals surface area contributed by atoms with Gasteiger partial charge >= 0.3 is 5.95 Å². The largest absolute Gasteiger partial charge is 0.354 e. The number of imidazole rings is 1. The lowest BCUT2D eigenvalue weighted by Crippen LogP contribution is -2.40. The summed E-state index contributed by atoms with van der Waals surface area (Å²) < 4.78 is 1.83. The maximum atomic E-state index is 12.3. The molecule has 0 radical (unpaired) electrons. The molecule has 0 unspecified atom stereocenters. The fourth-order valence-electron chi connectivity index (χ4n) is 2.47. The number of Topliss-reactive ketones (excluding diaryl/α,β-unsaturated/α-hetero) is 1. The number of nitrogen functional groups attached to an aromatic ring is 1. The number of rotatable bonds is 3. The number of nitrogens with one attached hydrogen (secondary N) is 1. The van der Waals surface area contributed by atoms with Crippen molar-refractivity contribution in [3.8, 4) is 0 Å². The Labute approximate surface area is 116 Å². The van der Waals surface area contributed by atoms with E-state index in [-0.39, 0.29) is 12.3 Å². The van der Waals surface area contributed by atoms with E-state index in [1.165, 1.54) is 0 Å². The van der Waals surface area contributed by atoms with Gasteiger partial charge in [-0.05, 0) is 18.6 Å². The zero-order valence-corrected chi connectivity index (χ0v) is 11.3. The van der Waals surface area contributed by atoms with E-state index in [0.29, 0.717) is 11.5 Å². The summed E-state index contributed by atoms with van der Waals surface area (Å²) in [6.07, 6.45) is 0. The summed E-state index contributed by atoms with van der Waals surface area (Å²) in [5, 5.41) is 0. The predicted molar refractivity (Wildman–Crippen MR) is 78.4 cm³/mol. The van der Waals surface area contributed by atoms with Gasteiger partial charge < -0.3 is 0 Å². The summed E-state index contributed by atoms with van der Waals surface area (Å²) in [5.74, 6) is 0.546. The zero-order valence-electron chi connectivity index (χ0n) is 11.3. The molecule has 0 spiro atoms. The van der Waals surface area contributed by atoms with Crippen LogP contribution in [0.1, 0.15) is 15.9 Å². The molecule has 3 aromatic rings. The molecule has 0 saturated heterocycles. The number of para-hydroxylation sites is 1. The lowest BCUT2D eigenvalue weighted by atomic mass is 10.1. The Morgan fingerprint density at radius 1 is 1.15 bits per heavy atom. The maximum absolute atomic E-state index is 12.3. The van der Waals surface area contributed by atoms with Crippen LogP contribution >= 0.6 is 0 Å². The average molecular weight is 266 g/mol. The third-order valence-electron chi connectivity index (χ3n) is 3.46. The Balaban J connectivity index is 2.03. The number of aryl methyl sites for hydroxylation is 1. The van der Waals surface area contributed by atoms with Crippen LogP contribution in [0.15, 0.2) is 48.5 Å². The maximum Gasteiger partial charge on any atom is 0.354 e. The number of anilines is 1. The third kappa shape index (κ3) is 2.05. The van der Waals surface area contributed by atoms with Crippen molar-refractivity contribution in [2.45, 2.75) is 13.5 Å². The van der Waals surface area contributed by atoms with Crippen LogP contribution in [-0.4, -0.2) is 10.8 Å². The molecule has 2 aromatic carbocycles. The van der Waals surface area contributed by atoms with Gasteiger partial charge in [-0.1, -0.05) is 42.5 Å². The molecule has 4 heteroatoms. The van der Waals surface area contributed by atoms with Crippen LogP contribution in [-0.2, 0) is 6.54 Å². The van der Waals surface area contributed by atoms with Crippen molar-refractivity contribution in [2.75, 3.05) is 5.73 Å². The van der Waals surface area contributed by atoms with Crippen molar-refractivity contribution < 1.29 is 9.36 Å². The molecule has 0 saturated carbocycles. The second-order valence-electron chi connectivity index (χ2n) is 4.86. The van der Waals surface area contributed by atoms with Crippen LogP contribution in [0.3, 0.4) is 0 Å². The predicted octanol–water partition coefficient (Wildman–Crippen LogP) is 2.23. The number of nitrogens with zero attached hydrogens (tertiary/aromatic N) is 1. The average Bonchev–Trinajstić information content (AvgIpc) is 2.77. The molecule has 0 amide bonds. The molecule has 1 heterocycles. The first-order valence-corrected chi connectivity index (χ1v) is 6.51. The first-order valence-electron chi connectivity index (χ1n) is 6.51. The highest BCUT2D eigenvalue weighted by molar-refractivity contribution is 5.95. The van der Waals surface area contributed by atoms with E-state index in [0.717, 1.165) is 16.6 Å². The highest BCUT2D eigenvalue weighted by Crippen LogP contribution is 2.15. The number of hydrogen-bond acceptors (Lipinski definition) is 2. The summed E-state index contributed by atoms with van der Waals surface area (Å²) in [4.78, 5) is 15.4. The van der Waals surface area contributed by atoms with E-state index < -0.39 is 0 Å². The van der Waals surface area contributed by atoms with Gasteiger partial charge in [0.2, 0.25) is 0 Å². The summed E-state index contributed by atoms with van der Waals surface area (Å²) in [5.41, 5.74) is 9.72. The van der Waals surface area contributed by atoms with Gasteiger partial charge in [-0.3, -0.25) is 10.5 Å². The number of H-pyrrole nitrogens is 1. The van der Waals surface area contributed by atoms with Gasteiger partial charge in [-0.25, -0.2) is 9.55 Å². The van der Waals surface area contributed by atoms with Crippen molar-refractivity contribution >= 4 is 22.8 Å². The van der Waals surface area contributed by atoms with Gasteiger partial charge in [0, 0.05) is 5.56 Å². The van der Waals surface area contributed by atoms with E-state index >= 15 is 0 Å². The number of ketones is 1. The standard InChI is InChI=1S/C16H15N3O/c1-11-6-5-9-13-15(11)19(16(17)18-13)10-14(20)12-7-3-2-4-8-12/h2-9H,10H2,1H3,(H2,17,18)/p+1. The molecule has 20 heavy (non-hydrogen) atoms. The Kier molecular flexibility index (Phi) is 2.99. The highest BCUT2D eigenvalue weighted by Gasteiger charge is 2.19. The molecule has 1 aromatic heterocycles. The second kappa shape index (κ2) is 4.81. The topological polar surface area (TPSA) is 62.8 Å². The van der Waals surface area contributed by atoms with Crippen LogP contribution in [0.25, 0.3) is 11.0 Å². The van der Waals surface area contributed by atoms with Crippen molar-refractivity contribution in [3.05, 3.63) is 59.7 Å². The molecule has 0 aliphatic heterocycles. The minimum Gasteiger partial charge on any atom is -0.291 e. The normalized spacial score (nSPS) is 10.8. The van der Waals surface area contributed by atoms with Crippen molar-refractivity contribution in [1.82, 2.24) is 4.98 Å². The Bertz CT molecular complexity index is 775. The van der Waals surface area contributed by atoms with Crippen molar-refractivity contribution in [1.29, 1.82) is 0 Å². The first kappa shape index (κ1) is 12.4. The van der Waals surface area contributed by atoms with Gasteiger partial charge in [0.1, 0.15) is 17.6 Å². The SMILES string of the molecule is Cc1cccc2[nH]c(N)[n+](CC(=O)c3ccccc3)c12. The monoisotopic (exact) mass is 266 g/mol. The number of aromatic nitrogens is 2. The third-order valence-corrected chi connectivity index (χ3v) is 3.46. The van der Waals surface area contributed by atoms with E-state index in [9.17, 15) is 4.79 Å². The van der Waals surface area contributed by atoms with Crippen molar-refractivity contribution in [2.24, 2.45) is 0 Å². The number of benzene rings is 2. The Hall–Kier alpha value is -2.62. The van der Waals surface area contributed by atoms with Gasteiger partial charge in [0.05, 0.1) is 0 Å². The lowest BCUT2D eigenvalue weighted by Gasteiger charge is -2.02. The Morgan fingerprint density at radius 3 is 2.65 bits per heavy atom. The van der Waals surface area contributed by atoms with Crippen LogP contribution in [0, 0.1) is 6.92 Å². The van der Waals surface area contributed by atoms with Crippen LogP contribution in [0.4, 0.5) is 5.95 Å². The zero-order chi connectivity index (χ0) is 14.1. The smallest absolute Gasteiger partial charge is 0.291 e. The van der Waals surface area contributed by atoms with E-state index in [4.69, 9.17) is 5.73 Å². The summed E-state index contributed by atoms with van der Waals surface area (Å²) in [6.45, 7) is 2.25. The Morgan fingerprint density at radius 2 is 1.90 bits per heavy atom. The van der Waals surface area contributed by atoms with Crippen LogP contribution < -0.4 is 10.3 Å². The molecule has 0 fully saturated rings. The van der Waals surface area contributed by atoms with E-state index in [2.05, 4.69) is 4.98 Å². The fourth-order valence-corrected chi connectivity index (χ4v) is 2.47. The minimum atomic E-state index is 0.0476. The van der Waals surface area contributed by atoms with Crippen LogP contribution in [0.5, 0.6) is 0 Å². The number of aromatic amines is 1. The number of hydrogen-bond donors (Lipinski definition) is 2. The molecule has 0 bridgehead atoms. The summed E-state index contributed by atoms with van der Waals surface area (Å²) >= 11 is 0. The summed E-state index contributed by atoms with van der Waals surface area (Å²) in [6, 6.07) is 15.2. The minimum absolute atomic E-state index is 0.0476. The first-order chi connectivity index (χ1) is 9.66. The van der Waals surface area contributed by atoms with Gasteiger partial charge in [0.25, 0.3) is 0 Å². The molecular weight excluding hydrogens is 250 g/mol. The number of carbonyl (C=O) groups is 1.